The molecule has 0 saturated carbocycles. The number of carbonyl (C=O) groups excluding carboxylic acids is 1. The Kier molecular flexibility index (Phi) is 5.53. The van der Waals surface area contributed by atoms with E-state index in [1.165, 1.54) is 6.07 Å². The summed E-state index contributed by atoms with van der Waals surface area (Å²) >= 11 is 0. The zero-order valence-electron chi connectivity index (χ0n) is 13.6. The van der Waals surface area contributed by atoms with Crippen molar-refractivity contribution in [2.24, 2.45) is 11.7 Å². The minimum atomic E-state index is -0.424. The van der Waals surface area contributed by atoms with Gasteiger partial charge in [0.15, 0.2) is 0 Å². The van der Waals surface area contributed by atoms with Crippen LogP contribution in [-0.4, -0.2) is 47.9 Å². The molecule has 4 nitrogen and oxygen atoms in total. The van der Waals surface area contributed by atoms with Crippen molar-refractivity contribution in [2.75, 3.05) is 26.2 Å². The number of piperazine rings is 1. The lowest BCUT2D eigenvalue weighted by Crippen LogP contribution is -2.54. The van der Waals surface area contributed by atoms with Crippen LogP contribution in [0.25, 0.3) is 0 Å². The van der Waals surface area contributed by atoms with E-state index in [9.17, 15) is 9.18 Å². The van der Waals surface area contributed by atoms with Gasteiger partial charge in [-0.15, -0.1) is 0 Å². The molecule has 0 radical (unpaired) electrons. The van der Waals surface area contributed by atoms with Gasteiger partial charge in [-0.1, -0.05) is 26.0 Å². The molecule has 1 aromatic carbocycles. The van der Waals surface area contributed by atoms with Crippen LogP contribution >= 0.6 is 0 Å². The van der Waals surface area contributed by atoms with E-state index in [-0.39, 0.29) is 23.7 Å². The second-order valence-electron chi connectivity index (χ2n) is 6.36. The lowest BCUT2D eigenvalue weighted by Gasteiger charge is -2.39. The summed E-state index contributed by atoms with van der Waals surface area (Å²) in [5.74, 6) is -0.0223. The zero-order chi connectivity index (χ0) is 16.3. The van der Waals surface area contributed by atoms with Gasteiger partial charge in [0.1, 0.15) is 5.82 Å². The van der Waals surface area contributed by atoms with Crippen molar-refractivity contribution in [3.63, 3.8) is 0 Å². The highest BCUT2D eigenvalue weighted by Crippen LogP contribution is 2.22. The van der Waals surface area contributed by atoms with Gasteiger partial charge in [0.25, 0.3) is 0 Å². The number of carbonyl (C=O) groups is 1. The molecule has 122 valence electrons. The fourth-order valence-corrected chi connectivity index (χ4v) is 2.80. The number of nitrogens with two attached hydrogens (primary N) is 1. The summed E-state index contributed by atoms with van der Waals surface area (Å²) in [6, 6.07) is 6.44. The van der Waals surface area contributed by atoms with Crippen LogP contribution < -0.4 is 5.73 Å². The first-order valence-electron chi connectivity index (χ1n) is 7.94. The van der Waals surface area contributed by atoms with Crippen LogP contribution in [0.4, 0.5) is 4.39 Å². The maximum atomic E-state index is 13.3. The van der Waals surface area contributed by atoms with Crippen molar-refractivity contribution in [1.29, 1.82) is 0 Å². The van der Waals surface area contributed by atoms with E-state index in [1.807, 2.05) is 24.8 Å². The van der Waals surface area contributed by atoms with Gasteiger partial charge in [-0.05, 0) is 30.5 Å². The summed E-state index contributed by atoms with van der Waals surface area (Å²) in [6.45, 7) is 8.93. The molecule has 2 rings (SSSR count). The first-order valence-corrected chi connectivity index (χ1v) is 7.94. The normalized spacial score (nSPS) is 19.3. The van der Waals surface area contributed by atoms with Crippen molar-refractivity contribution in [3.8, 4) is 0 Å². The Balaban J connectivity index is 1.93. The van der Waals surface area contributed by atoms with Crippen LogP contribution in [0.2, 0.25) is 0 Å². The minimum Gasteiger partial charge on any atom is -0.339 e. The maximum absolute atomic E-state index is 13.3. The van der Waals surface area contributed by atoms with E-state index in [2.05, 4.69) is 11.8 Å². The van der Waals surface area contributed by atoms with Crippen molar-refractivity contribution in [3.05, 3.63) is 35.6 Å². The van der Waals surface area contributed by atoms with Gasteiger partial charge in [-0.3, -0.25) is 9.69 Å². The first-order chi connectivity index (χ1) is 10.4. The molecule has 0 unspecified atom stereocenters. The molecule has 1 aliphatic rings. The maximum Gasteiger partial charge on any atom is 0.239 e. The third-order valence-electron chi connectivity index (χ3n) is 4.51. The fraction of sp³-hybridized carbons (Fsp3) is 0.588. The highest BCUT2D eigenvalue weighted by Gasteiger charge is 2.28. The summed E-state index contributed by atoms with van der Waals surface area (Å²) in [4.78, 5) is 16.4. The van der Waals surface area contributed by atoms with Gasteiger partial charge < -0.3 is 10.6 Å². The van der Waals surface area contributed by atoms with E-state index >= 15 is 0 Å². The molecule has 5 heteroatoms. The summed E-state index contributed by atoms with van der Waals surface area (Å²) in [5, 5.41) is 0. The van der Waals surface area contributed by atoms with Gasteiger partial charge in [0.2, 0.25) is 5.91 Å². The molecule has 22 heavy (non-hydrogen) atoms. The fourth-order valence-electron chi connectivity index (χ4n) is 2.80. The van der Waals surface area contributed by atoms with E-state index in [1.54, 1.807) is 12.1 Å². The molecule has 0 bridgehead atoms. The molecule has 2 atom stereocenters. The average molecular weight is 307 g/mol. The number of rotatable bonds is 4. The molecule has 1 amide bonds. The molecule has 0 aliphatic carbocycles. The third-order valence-corrected chi connectivity index (χ3v) is 4.51. The monoisotopic (exact) mass is 307 g/mol. The number of nitrogens with zero attached hydrogens (tertiary/aromatic N) is 2. The molecule has 1 fully saturated rings. The molecule has 1 saturated heterocycles. The Hall–Kier alpha value is -1.46. The highest BCUT2D eigenvalue weighted by molar-refractivity contribution is 5.82. The summed E-state index contributed by atoms with van der Waals surface area (Å²) in [5.41, 5.74) is 6.92. The molecule has 0 aromatic heterocycles. The molecule has 0 spiro atoms. The molecule has 2 N–H and O–H groups in total. The van der Waals surface area contributed by atoms with Crippen molar-refractivity contribution in [1.82, 2.24) is 9.80 Å². The zero-order valence-corrected chi connectivity index (χ0v) is 13.6. The molecule has 1 heterocycles. The van der Waals surface area contributed by atoms with Crippen molar-refractivity contribution < 1.29 is 9.18 Å². The van der Waals surface area contributed by atoms with Gasteiger partial charge in [0, 0.05) is 32.2 Å². The minimum absolute atomic E-state index is 0.0352. The van der Waals surface area contributed by atoms with Crippen LogP contribution in [0, 0.1) is 11.7 Å². The smallest absolute Gasteiger partial charge is 0.239 e. The Morgan fingerprint density at radius 1 is 1.18 bits per heavy atom. The van der Waals surface area contributed by atoms with E-state index in [0.717, 1.165) is 18.7 Å². The van der Waals surface area contributed by atoms with Gasteiger partial charge in [-0.2, -0.15) is 0 Å². The SMILES string of the molecule is CC(C)[C@H](N)C(=O)N1CCN([C@H](C)c2cccc(F)c2)CC1. The topological polar surface area (TPSA) is 49.6 Å². The predicted molar refractivity (Wildman–Crippen MR) is 85.8 cm³/mol. The van der Waals surface area contributed by atoms with E-state index < -0.39 is 6.04 Å². The van der Waals surface area contributed by atoms with Crippen molar-refractivity contribution in [2.45, 2.75) is 32.9 Å². The van der Waals surface area contributed by atoms with E-state index in [4.69, 9.17) is 5.73 Å². The Morgan fingerprint density at radius 2 is 1.82 bits per heavy atom. The summed E-state index contributed by atoms with van der Waals surface area (Å²) < 4.78 is 13.3. The number of hydrogen-bond acceptors (Lipinski definition) is 3. The van der Waals surface area contributed by atoms with Crippen LogP contribution in [-0.2, 0) is 4.79 Å². The number of halogens is 1. The van der Waals surface area contributed by atoms with Crippen LogP contribution in [0.15, 0.2) is 24.3 Å². The lowest BCUT2D eigenvalue weighted by atomic mass is 10.0. The van der Waals surface area contributed by atoms with Gasteiger partial charge in [-0.25, -0.2) is 4.39 Å². The average Bonchev–Trinajstić information content (AvgIpc) is 2.52. The number of hydrogen-bond donors (Lipinski definition) is 1. The van der Waals surface area contributed by atoms with E-state index in [0.29, 0.717) is 13.1 Å². The molecular formula is C17H26FN3O. The predicted octanol–water partition coefficient (Wildman–Crippen LogP) is 2.01. The Labute approximate surface area is 132 Å². The summed E-state index contributed by atoms with van der Waals surface area (Å²) in [6.07, 6.45) is 0. The quantitative estimate of drug-likeness (QED) is 0.926. The van der Waals surface area contributed by atoms with Crippen LogP contribution in [0.5, 0.6) is 0 Å². The van der Waals surface area contributed by atoms with Crippen molar-refractivity contribution >= 4 is 5.91 Å². The standard InChI is InChI=1S/C17H26FN3O/c1-12(2)16(19)17(22)21-9-7-20(8-10-21)13(3)14-5-4-6-15(18)11-14/h4-6,11-13,16H,7-10,19H2,1-3H3/t13-,16+/m1/s1. The van der Waals surface area contributed by atoms with Gasteiger partial charge in [0.05, 0.1) is 6.04 Å². The van der Waals surface area contributed by atoms with Crippen LogP contribution in [0.3, 0.4) is 0 Å². The third kappa shape index (κ3) is 3.84. The largest absolute Gasteiger partial charge is 0.339 e. The first kappa shape index (κ1) is 16.9. The molecule has 1 aromatic rings. The van der Waals surface area contributed by atoms with Crippen LogP contribution in [0.1, 0.15) is 32.4 Å². The second-order valence-corrected chi connectivity index (χ2v) is 6.36. The Bertz CT molecular complexity index is 512. The highest BCUT2D eigenvalue weighted by atomic mass is 19.1. The molecule has 1 aliphatic heterocycles. The van der Waals surface area contributed by atoms with Gasteiger partial charge >= 0.3 is 0 Å². The summed E-state index contributed by atoms with van der Waals surface area (Å²) in [7, 11) is 0. The number of amides is 1. The Morgan fingerprint density at radius 3 is 2.36 bits per heavy atom. The number of benzene rings is 1. The molecular weight excluding hydrogens is 281 g/mol. The second kappa shape index (κ2) is 7.20. The lowest BCUT2D eigenvalue weighted by molar-refractivity contribution is -0.135.